The highest BCUT2D eigenvalue weighted by Crippen LogP contribution is 2.24. The van der Waals surface area contributed by atoms with Crippen molar-refractivity contribution in [1.29, 1.82) is 0 Å². The van der Waals surface area contributed by atoms with Crippen LogP contribution in [-0.4, -0.2) is 36.5 Å². The van der Waals surface area contributed by atoms with Crippen LogP contribution in [0.1, 0.15) is 5.56 Å². The van der Waals surface area contributed by atoms with Crippen LogP contribution in [0.2, 0.25) is 0 Å². The van der Waals surface area contributed by atoms with E-state index in [0.717, 1.165) is 20.9 Å². The fraction of sp³-hybridized carbons (Fsp3) is 0.357. The number of aliphatic hydroxyl groups excluding tert-OH is 1. The van der Waals surface area contributed by atoms with Crippen molar-refractivity contribution in [2.45, 2.75) is 12.6 Å². The molecule has 0 aliphatic rings. The van der Waals surface area contributed by atoms with Gasteiger partial charge < -0.3 is 15.2 Å². The molecule has 0 aliphatic carbocycles. The molecule has 0 spiro atoms. The van der Waals surface area contributed by atoms with Gasteiger partial charge in [0.15, 0.2) is 0 Å². The van der Waals surface area contributed by atoms with E-state index in [9.17, 15) is 5.11 Å². The van der Waals surface area contributed by atoms with Crippen molar-refractivity contribution in [3.05, 3.63) is 40.5 Å². The fourth-order valence-corrected chi connectivity index (χ4v) is 2.42. The third-order valence-electron chi connectivity index (χ3n) is 2.85. The van der Waals surface area contributed by atoms with E-state index in [4.69, 9.17) is 4.74 Å². The summed E-state index contributed by atoms with van der Waals surface area (Å²) in [5.74, 6) is 0. The second-order valence-electron chi connectivity index (χ2n) is 4.35. The molecule has 19 heavy (non-hydrogen) atoms. The number of fused-ring (bicyclic) bond motifs is 1. The van der Waals surface area contributed by atoms with Gasteiger partial charge in [-0.25, -0.2) is 0 Å². The van der Waals surface area contributed by atoms with Gasteiger partial charge in [0, 0.05) is 36.3 Å². The zero-order valence-corrected chi connectivity index (χ0v) is 12.4. The lowest BCUT2D eigenvalue weighted by Gasteiger charge is -2.12. The van der Waals surface area contributed by atoms with Gasteiger partial charge in [0.1, 0.15) is 0 Å². The Balaban J connectivity index is 2.07. The molecule has 2 N–H and O–H groups in total. The number of nitrogens with zero attached hydrogens (tertiary/aromatic N) is 1. The van der Waals surface area contributed by atoms with Crippen molar-refractivity contribution >= 4 is 26.8 Å². The van der Waals surface area contributed by atoms with Gasteiger partial charge in [0.25, 0.3) is 0 Å². The summed E-state index contributed by atoms with van der Waals surface area (Å²) in [7, 11) is 1.58. The van der Waals surface area contributed by atoms with Crippen molar-refractivity contribution in [3.63, 3.8) is 0 Å². The quantitative estimate of drug-likeness (QED) is 0.854. The number of pyridine rings is 1. The van der Waals surface area contributed by atoms with Crippen LogP contribution >= 0.6 is 15.9 Å². The second kappa shape index (κ2) is 6.96. The SMILES string of the molecule is COCC(O)CNCc1ccc(Br)c2cccnc12. The number of aliphatic hydroxyl groups is 1. The largest absolute Gasteiger partial charge is 0.389 e. The normalized spacial score (nSPS) is 12.8. The summed E-state index contributed by atoms with van der Waals surface area (Å²) in [6, 6.07) is 8.02. The Morgan fingerprint density at radius 1 is 1.42 bits per heavy atom. The van der Waals surface area contributed by atoms with Crippen LogP contribution in [0.4, 0.5) is 0 Å². The molecule has 1 unspecified atom stereocenters. The van der Waals surface area contributed by atoms with Gasteiger partial charge in [-0.2, -0.15) is 0 Å². The molecule has 1 heterocycles. The Bertz CT molecular complexity index is 548. The molecule has 0 saturated carbocycles. The Hall–Kier alpha value is -1.01. The first-order valence-electron chi connectivity index (χ1n) is 6.12. The number of ether oxygens (including phenoxy) is 1. The standard InChI is InChI=1S/C14H17BrN2O2/c1-19-9-11(18)8-16-7-10-4-5-13(15)12-3-2-6-17-14(10)12/h2-6,11,16,18H,7-9H2,1H3. The predicted molar refractivity (Wildman–Crippen MR) is 79.0 cm³/mol. The van der Waals surface area contributed by atoms with Crippen molar-refractivity contribution in [3.8, 4) is 0 Å². The van der Waals surface area contributed by atoms with Crippen molar-refractivity contribution in [1.82, 2.24) is 10.3 Å². The lowest BCUT2D eigenvalue weighted by atomic mass is 10.1. The average molecular weight is 325 g/mol. The first-order valence-corrected chi connectivity index (χ1v) is 6.91. The monoisotopic (exact) mass is 324 g/mol. The number of rotatable bonds is 6. The van der Waals surface area contributed by atoms with Crippen LogP contribution in [0, 0.1) is 0 Å². The van der Waals surface area contributed by atoms with Crippen molar-refractivity contribution in [2.24, 2.45) is 0 Å². The van der Waals surface area contributed by atoms with Crippen LogP contribution in [0.5, 0.6) is 0 Å². The molecule has 102 valence electrons. The molecule has 2 rings (SSSR count). The highest BCUT2D eigenvalue weighted by Gasteiger charge is 2.06. The molecule has 0 amide bonds. The number of halogens is 1. The second-order valence-corrected chi connectivity index (χ2v) is 5.20. The van der Waals surface area contributed by atoms with Crippen molar-refractivity contribution in [2.75, 3.05) is 20.3 Å². The number of methoxy groups -OCH3 is 1. The van der Waals surface area contributed by atoms with Gasteiger partial charge in [0.2, 0.25) is 0 Å². The molecule has 0 fully saturated rings. The van der Waals surface area contributed by atoms with Crippen LogP contribution < -0.4 is 5.32 Å². The number of benzene rings is 1. The zero-order valence-electron chi connectivity index (χ0n) is 10.8. The van der Waals surface area contributed by atoms with Gasteiger partial charge >= 0.3 is 0 Å². The fourth-order valence-electron chi connectivity index (χ4n) is 1.96. The summed E-state index contributed by atoms with van der Waals surface area (Å²) in [6.45, 7) is 1.51. The molecule has 0 bridgehead atoms. The summed E-state index contributed by atoms with van der Waals surface area (Å²) < 4.78 is 5.92. The molecule has 1 aromatic heterocycles. The Labute approximate surface area is 120 Å². The Morgan fingerprint density at radius 3 is 3.05 bits per heavy atom. The molecule has 5 heteroatoms. The number of aromatic nitrogens is 1. The molecular weight excluding hydrogens is 308 g/mol. The molecule has 2 aromatic rings. The first kappa shape index (κ1) is 14.4. The zero-order chi connectivity index (χ0) is 13.7. The third-order valence-corrected chi connectivity index (χ3v) is 3.55. The van der Waals surface area contributed by atoms with Crippen LogP contribution in [0.25, 0.3) is 10.9 Å². The van der Waals surface area contributed by atoms with E-state index in [1.54, 1.807) is 13.3 Å². The highest BCUT2D eigenvalue weighted by atomic mass is 79.9. The Kier molecular flexibility index (Phi) is 5.27. The van der Waals surface area contributed by atoms with Gasteiger partial charge in [-0.1, -0.05) is 28.1 Å². The summed E-state index contributed by atoms with van der Waals surface area (Å²) in [6.07, 6.45) is 1.30. The topological polar surface area (TPSA) is 54.4 Å². The molecule has 1 atom stereocenters. The van der Waals surface area contributed by atoms with Crippen molar-refractivity contribution < 1.29 is 9.84 Å². The average Bonchev–Trinajstić information content (AvgIpc) is 2.42. The van der Waals surface area contributed by atoms with E-state index in [1.807, 2.05) is 24.3 Å². The van der Waals surface area contributed by atoms with Crippen LogP contribution in [0.3, 0.4) is 0 Å². The van der Waals surface area contributed by atoms with Crippen LogP contribution in [0.15, 0.2) is 34.9 Å². The smallest absolute Gasteiger partial charge is 0.0897 e. The molecule has 4 nitrogen and oxygen atoms in total. The molecule has 0 aliphatic heterocycles. The molecular formula is C14H17BrN2O2. The summed E-state index contributed by atoms with van der Waals surface area (Å²) >= 11 is 3.53. The van der Waals surface area contributed by atoms with Gasteiger partial charge in [-0.05, 0) is 17.7 Å². The van der Waals surface area contributed by atoms with Gasteiger partial charge in [-0.3, -0.25) is 4.98 Å². The minimum atomic E-state index is -0.486. The van der Waals surface area contributed by atoms with E-state index in [2.05, 4.69) is 26.2 Å². The van der Waals surface area contributed by atoms with E-state index in [0.29, 0.717) is 19.7 Å². The summed E-state index contributed by atoms with van der Waals surface area (Å²) in [5.41, 5.74) is 2.09. The molecule has 0 saturated heterocycles. The van der Waals surface area contributed by atoms with E-state index >= 15 is 0 Å². The molecule has 0 radical (unpaired) electrons. The minimum absolute atomic E-state index is 0.340. The highest BCUT2D eigenvalue weighted by molar-refractivity contribution is 9.10. The number of hydrogen-bond donors (Lipinski definition) is 2. The first-order chi connectivity index (χ1) is 9.22. The maximum atomic E-state index is 9.57. The maximum Gasteiger partial charge on any atom is 0.0897 e. The van der Waals surface area contributed by atoms with Crippen LogP contribution in [-0.2, 0) is 11.3 Å². The summed E-state index contributed by atoms with van der Waals surface area (Å²) in [4.78, 5) is 4.42. The predicted octanol–water partition coefficient (Wildman–Crippen LogP) is 2.09. The van der Waals surface area contributed by atoms with E-state index in [1.165, 1.54) is 0 Å². The number of nitrogens with one attached hydrogen (secondary N) is 1. The number of hydrogen-bond acceptors (Lipinski definition) is 4. The lowest BCUT2D eigenvalue weighted by molar-refractivity contribution is 0.0644. The minimum Gasteiger partial charge on any atom is -0.389 e. The lowest BCUT2D eigenvalue weighted by Crippen LogP contribution is -2.29. The van der Waals surface area contributed by atoms with E-state index in [-0.39, 0.29) is 0 Å². The van der Waals surface area contributed by atoms with E-state index < -0.39 is 6.10 Å². The molecule has 1 aromatic carbocycles. The third kappa shape index (κ3) is 3.73. The summed E-state index contributed by atoms with van der Waals surface area (Å²) in [5, 5.41) is 13.9. The van der Waals surface area contributed by atoms with Gasteiger partial charge in [0.05, 0.1) is 18.2 Å². The maximum absolute atomic E-state index is 9.57. The Morgan fingerprint density at radius 2 is 2.26 bits per heavy atom. The van der Waals surface area contributed by atoms with Gasteiger partial charge in [-0.15, -0.1) is 0 Å².